The molecule has 8 heteroatoms. The number of hydrogen-bond donors (Lipinski definition) is 0. The Kier molecular flexibility index (Phi) is 7.14. The minimum atomic E-state index is -0.683. The van der Waals surface area contributed by atoms with Crippen LogP contribution in [-0.4, -0.2) is 28.8 Å². The summed E-state index contributed by atoms with van der Waals surface area (Å²) in [5.41, 5.74) is 6.76. The molecule has 4 aromatic rings. The summed E-state index contributed by atoms with van der Waals surface area (Å²) in [7, 11) is 1.59. The number of thiazole rings is 1. The zero-order chi connectivity index (χ0) is 27.8. The van der Waals surface area contributed by atoms with E-state index in [-0.39, 0.29) is 12.2 Å². The molecule has 0 saturated carbocycles. The minimum Gasteiger partial charge on any atom is -0.497 e. The monoisotopic (exact) mass is 541 g/mol. The van der Waals surface area contributed by atoms with Gasteiger partial charge in [-0.2, -0.15) is 0 Å². The second kappa shape index (κ2) is 10.5. The lowest BCUT2D eigenvalue weighted by atomic mass is 9.95. The van der Waals surface area contributed by atoms with Crippen molar-refractivity contribution in [2.24, 2.45) is 4.99 Å². The van der Waals surface area contributed by atoms with E-state index in [1.165, 1.54) is 16.9 Å². The highest BCUT2D eigenvalue weighted by Gasteiger charge is 2.33. The summed E-state index contributed by atoms with van der Waals surface area (Å²) in [6.07, 6.45) is 1.92. The molecule has 0 aliphatic carbocycles. The molecule has 0 spiro atoms. The summed E-state index contributed by atoms with van der Waals surface area (Å²) in [6.45, 7) is 9.96. The SMILES string of the molecule is CCOC(=O)C1=C(C)N=c2s/c(=C/c3cc(C)n(-c4cccc(C)c4)c3C)c(=O)n2[C@H]1c1cccc(OC)c1. The number of benzene rings is 2. The van der Waals surface area contributed by atoms with Gasteiger partial charge in [-0.25, -0.2) is 9.79 Å². The number of aromatic nitrogens is 2. The van der Waals surface area contributed by atoms with Crippen molar-refractivity contribution >= 4 is 23.4 Å². The first kappa shape index (κ1) is 26.4. The normalized spacial score (nSPS) is 15.2. The Morgan fingerprint density at radius 2 is 1.85 bits per heavy atom. The number of allylic oxidation sites excluding steroid dienone is 1. The first-order chi connectivity index (χ1) is 18.7. The van der Waals surface area contributed by atoms with E-state index in [0.717, 1.165) is 28.2 Å². The van der Waals surface area contributed by atoms with Gasteiger partial charge in [0, 0.05) is 17.1 Å². The molecular formula is C31H31N3O4S. The Balaban J connectivity index is 1.70. The number of aryl methyl sites for hydroxylation is 2. The zero-order valence-electron chi connectivity index (χ0n) is 22.9. The lowest BCUT2D eigenvalue weighted by Gasteiger charge is -2.25. The smallest absolute Gasteiger partial charge is 0.338 e. The third-order valence-electron chi connectivity index (χ3n) is 6.94. The first-order valence-corrected chi connectivity index (χ1v) is 13.6. The number of esters is 1. The molecular weight excluding hydrogens is 510 g/mol. The summed E-state index contributed by atoms with van der Waals surface area (Å²) in [6, 6.07) is 17.2. The van der Waals surface area contributed by atoms with Gasteiger partial charge < -0.3 is 14.0 Å². The molecule has 1 atom stereocenters. The van der Waals surface area contributed by atoms with Crippen LogP contribution in [0.25, 0.3) is 11.8 Å². The molecule has 1 aliphatic rings. The van der Waals surface area contributed by atoms with Crippen molar-refractivity contribution in [1.82, 2.24) is 9.13 Å². The standard InChI is InChI=1S/C31H31N3O4S/c1-7-38-30(36)27-20(4)32-31-34(28(27)22-11-9-13-25(16-22)37-6)29(35)26(39-31)17-23-15-19(3)33(21(23)5)24-12-8-10-18(2)14-24/h8-17,28H,7H2,1-6H3/b26-17+/t28-/m0/s1. The van der Waals surface area contributed by atoms with Gasteiger partial charge in [0.05, 0.1) is 35.6 Å². The van der Waals surface area contributed by atoms with Crippen molar-refractivity contribution in [3.63, 3.8) is 0 Å². The molecule has 3 heterocycles. The van der Waals surface area contributed by atoms with E-state index in [1.54, 1.807) is 25.5 Å². The predicted octanol–water partition coefficient (Wildman–Crippen LogP) is 4.52. The van der Waals surface area contributed by atoms with Gasteiger partial charge in [0.25, 0.3) is 5.56 Å². The van der Waals surface area contributed by atoms with Crippen LogP contribution >= 0.6 is 11.3 Å². The van der Waals surface area contributed by atoms with Crippen molar-refractivity contribution in [3.8, 4) is 11.4 Å². The maximum Gasteiger partial charge on any atom is 0.338 e. The van der Waals surface area contributed by atoms with Crippen LogP contribution in [0, 0.1) is 20.8 Å². The lowest BCUT2D eigenvalue weighted by molar-refractivity contribution is -0.139. The highest BCUT2D eigenvalue weighted by Crippen LogP contribution is 2.32. The van der Waals surface area contributed by atoms with E-state index in [9.17, 15) is 9.59 Å². The fourth-order valence-corrected chi connectivity index (χ4v) is 6.20. The minimum absolute atomic E-state index is 0.207. The van der Waals surface area contributed by atoms with Crippen molar-refractivity contribution in [2.45, 2.75) is 40.7 Å². The highest BCUT2D eigenvalue weighted by molar-refractivity contribution is 7.07. The first-order valence-electron chi connectivity index (χ1n) is 12.8. The molecule has 5 rings (SSSR count). The van der Waals surface area contributed by atoms with Gasteiger partial charge in [-0.1, -0.05) is 35.6 Å². The van der Waals surface area contributed by atoms with E-state index < -0.39 is 12.0 Å². The molecule has 39 heavy (non-hydrogen) atoms. The van der Waals surface area contributed by atoms with E-state index >= 15 is 0 Å². The quantitative estimate of drug-likeness (QED) is 0.337. The molecule has 0 unspecified atom stereocenters. The van der Waals surface area contributed by atoms with Crippen molar-refractivity contribution < 1.29 is 14.3 Å². The Bertz CT molecular complexity index is 1810. The molecule has 1 aliphatic heterocycles. The Morgan fingerprint density at radius 1 is 1.08 bits per heavy atom. The second-order valence-electron chi connectivity index (χ2n) is 9.58. The summed E-state index contributed by atoms with van der Waals surface area (Å²) in [5.74, 6) is 0.152. The van der Waals surface area contributed by atoms with E-state index in [1.807, 2.05) is 36.4 Å². The Labute approximate surface area is 231 Å². The molecule has 0 bridgehead atoms. The van der Waals surface area contributed by atoms with Gasteiger partial charge in [-0.15, -0.1) is 0 Å². The van der Waals surface area contributed by atoms with Crippen molar-refractivity contribution in [1.29, 1.82) is 0 Å². The van der Waals surface area contributed by atoms with Gasteiger partial charge in [0.15, 0.2) is 4.80 Å². The van der Waals surface area contributed by atoms with Crippen LogP contribution in [0.15, 0.2) is 75.7 Å². The van der Waals surface area contributed by atoms with E-state index in [2.05, 4.69) is 54.6 Å². The van der Waals surface area contributed by atoms with Crippen LogP contribution in [0.3, 0.4) is 0 Å². The van der Waals surface area contributed by atoms with E-state index in [4.69, 9.17) is 9.47 Å². The molecule has 0 fully saturated rings. The summed E-state index contributed by atoms with van der Waals surface area (Å²) in [4.78, 5) is 32.3. The predicted molar refractivity (Wildman–Crippen MR) is 153 cm³/mol. The van der Waals surface area contributed by atoms with E-state index in [0.29, 0.717) is 26.4 Å². The fourth-order valence-electron chi connectivity index (χ4n) is 5.16. The molecule has 2 aromatic heterocycles. The van der Waals surface area contributed by atoms with Crippen LogP contribution < -0.4 is 19.6 Å². The third kappa shape index (κ3) is 4.76. The van der Waals surface area contributed by atoms with Crippen LogP contribution in [0.1, 0.15) is 48.0 Å². The van der Waals surface area contributed by atoms with Gasteiger partial charge in [0.1, 0.15) is 5.75 Å². The molecule has 0 saturated heterocycles. The van der Waals surface area contributed by atoms with Crippen molar-refractivity contribution in [2.75, 3.05) is 13.7 Å². The lowest BCUT2D eigenvalue weighted by Crippen LogP contribution is -2.39. The number of nitrogens with zero attached hydrogens (tertiary/aromatic N) is 3. The molecule has 0 N–H and O–H groups in total. The fraction of sp³-hybridized carbons (Fsp3) is 0.258. The summed E-state index contributed by atoms with van der Waals surface area (Å²) in [5, 5.41) is 0. The zero-order valence-corrected chi connectivity index (χ0v) is 23.8. The number of carbonyl (C=O) groups is 1. The number of carbonyl (C=O) groups excluding carboxylic acids is 1. The number of methoxy groups -OCH3 is 1. The molecule has 7 nitrogen and oxygen atoms in total. The number of fused-ring (bicyclic) bond motifs is 1. The largest absolute Gasteiger partial charge is 0.497 e. The van der Waals surface area contributed by atoms with Gasteiger partial charge >= 0.3 is 5.97 Å². The topological polar surface area (TPSA) is 74.8 Å². The van der Waals surface area contributed by atoms with Gasteiger partial charge in [-0.3, -0.25) is 9.36 Å². The number of rotatable bonds is 6. The number of ether oxygens (including phenoxy) is 2. The van der Waals surface area contributed by atoms with Crippen LogP contribution in [0.4, 0.5) is 0 Å². The maximum absolute atomic E-state index is 14.0. The molecule has 0 radical (unpaired) electrons. The average Bonchev–Trinajstić information content (AvgIpc) is 3.37. The molecule has 2 aromatic carbocycles. The Morgan fingerprint density at radius 3 is 2.56 bits per heavy atom. The Hall–Kier alpha value is -4.17. The number of hydrogen-bond acceptors (Lipinski definition) is 6. The molecule has 0 amide bonds. The molecule has 200 valence electrons. The second-order valence-corrected chi connectivity index (χ2v) is 10.6. The van der Waals surface area contributed by atoms with Crippen LogP contribution in [-0.2, 0) is 9.53 Å². The van der Waals surface area contributed by atoms with Crippen LogP contribution in [0.5, 0.6) is 5.75 Å². The van der Waals surface area contributed by atoms with Gasteiger partial charge in [0.2, 0.25) is 0 Å². The summed E-state index contributed by atoms with van der Waals surface area (Å²) >= 11 is 1.32. The van der Waals surface area contributed by atoms with Crippen LogP contribution in [0.2, 0.25) is 0 Å². The maximum atomic E-state index is 14.0. The third-order valence-corrected chi connectivity index (χ3v) is 7.93. The van der Waals surface area contributed by atoms with Crippen molar-refractivity contribution in [3.05, 3.63) is 114 Å². The summed E-state index contributed by atoms with van der Waals surface area (Å²) < 4.78 is 15.2. The average molecular weight is 542 g/mol. The highest BCUT2D eigenvalue weighted by atomic mass is 32.1. The van der Waals surface area contributed by atoms with Gasteiger partial charge in [-0.05, 0) is 87.7 Å².